The molecule has 0 saturated heterocycles. The quantitative estimate of drug-likeness (QED) is 0.763. The standard InChI is InChI=1S/C17H24Cl2N2O/c1-3-11-4-6-12(7-5-11)21(13-8-9-13)17(22)15-10-14(18)16(19)20(15)2/h10-13H,3-9H2,1-2H3. The lowest BCUT2D eigenvalue weighted by molar-refractivity contribution is 0.0577. The summed E-state index contributed by atoms with van der Waals surface area (Å²) in [5.41, 5.74) is 0.611. The van der Waals surface area contributed by atoms with Gasteiger partial charge < -0.3 is 9.47 Å². The van der Waals surface area contributed by atoms with E-state index in [1.54, 1.807) is 17.7 Å². The van der Waals surface area contributed by atoms with Crippen molar-refractivity contribution >= 4 is 29.1 Å². The minimum atomic E-state index is 0.0961. The van der Waals surface area contributed by atoms with Crippen molar-refractivity contribution in [2.75, 3.05) is 0 Å². The van der Waals surface area contributed by atoms with Crippen LogP contribution in [0, 0.1) is 5.92 Å². The summed E-state index contributed by atoms with van der Waals surface area (Å²) in [6, 6.07) is 2.51. The number of carbonyl (C=O) groups is 1. The maximum atomic E-state index is 13.1. The average molecular weight is 343 g/mol. The second kappa shape index (κ2) is 6.45. The van der Waals surface area contributed by atoms with Gasteiger partial charge in [-0.25, -0.2) is 0 Å². The molecule has 0 spiro atoms. The smallest absolute Gasteiger partial charge is 0.271 e. The van der Waals surface area contributed by atoms with Gasteiger partial charge in [0.15, 0.2) is 0 Å². The maximum Gasteiger partial charge on any atom is 0.271 e. The van der Waals surface area contributed by atoms with Crippen LogP contribution in [0.25, 0.3) is 0 Å². The molecule has 3 nitrogen and oxygen atoms in total. The molecule has 0 N–H and O–H groups in total. The van der Waals surface area contributed by atoms with Crippen molar-refractivity contribution in [2.24, 2.45) is 13.0 Å². The maximum absolute atomic E-state index is 13.1. The van der Waals surface area contributed by atoms with Crippen molar-refractivity contribution in [1.29, 1.82) is 0 Å². The Morgan fingerprint density at radius 1 is 1.18 bits per heavy atom. The van der Waals surface area contributed by atoms with E-state index in [4.69, 9.17) is 23.2 Å². The van der Waals surface area contributed by atoms with Gasteiger partial charge in [0, 0.05) is 19.1 Å². The predicted octanol–water partition coefficient (Wildman–Crippen LogP) is 4.91. The van der Waals surface area contributed by atoms with Crippen molar-refractivity contribution in [3.63, 3.8) is 0 Å². The van der Waals surface area contributed by atoms with Gasteiger partial charge in [-0.15, -0.1) is 0 Å². The van der Waals surface area contributed by atoms with E-state index in [0.29, 0.717) is 28.0 Å². The van der Waals surface area contributed by atoms with Gasteiger partial charge in [-0.05, 0) is 50.5 Å². The molecule has 0 aromatic carbocycles. The zero-order valence-corrected chi connectivity index (χ0v) is 14.8. The lowest BCUT2D eigenvalue weighted by atomic mass is 9.83. The molecule has 1 heterocycles. The first-order valence-corrected chi connectivity index (χ1v) is 9.11. The summed E-state index contributed by atoms with van der Waals surface area (Å²) in [5.74, 6) is 0.935. The van der Waals surface area contributed by atoms with Crippen LogP contribution in [0.2, 0.25) is 10.2 Å². The summed E-state index contributed by atoms with van der Waals surface area (Å²) in [7, 11) is 1.81. The Labute approximate surface area is 142 Å². The fourth-order valence-corrected chi connectivity index (χ4v) is 4.07. The lowest BCUT2D eigenvalue weighted by Gasteiger charge is -2.37. The zero-order valence-electron chi connectivity index (χ0n) is 13.3. The van der Waals surface area contributed by atoms with Gasteiger partial charge in [-0.2, -0.15) is 0 Å². The Morgan fingerprint density at radius 2 is 1.73 bits per heavy atom. The summed E-state index contributed by atoms with van der Waals surface area (Å²) < 4.78 is 1.71. The van der Waals surface area contributed by atoms with E-state index < -0.39 is 0 Å². The van der Waals surface area contributed by atoms with Crippen LogP contribution in [0.5, 0.6) is 0 Å². The fraction of sp³-hybridized carbons (Fsp3) is 0.706. The minimum Gasteiger partial charge on any atom is -0.331 e. The molecule has 22 heavy (non-hydrogen) atoms. The Balaban J connectivity index is 1.79. The van der Waals surface area contributed by atoms with E-state index >= 15 is 0 Å². The SMILES string of the molecule is CCC1CCC(N(C(=O)c2cc(Cl)c(Cl)n2C)C2CC2)CC1. The topological polar surface area (TPSA) is 25.2 Å². The van der Waals surface area contributed by atoms with Crippen LogP contribution in [0.15, 0.2) is 6.07 Å². The first-order valence-electron chi connectivity index (χ1n) is 8.36. The zero-order chi connectivity index (χ0) is 15.9. The molecular weight excluding hydrogens is 319 g/mol. The molecule has 0 radical (unpaired) electrons. The number of hydrogen-bond donors (Lipinski definition) is 0. The van der Waals surface area contributed by atoms with Gasteiger partial charge in [0.05, 0.1) is 5.02 Å². The van der Waals surface area contributed by atoms with E-state index in [1.165, 1.54) is 19.3 Å². The van der Waals surface area contributed by atoms with E-state index in [1.807, 2.05) is 0 Å². The van der Waals surface area contributed by atoms with E-state index in [0.717, 1.165) is 31.6 Å². The van der Waals surface area contributed by atoms with Crippen LogP contribution < -0.4 is 0 Å². The second-order valence-electron chi connectivity index (χ2n) is 6.75. The molecule has 1 aromatic heterocycles. The van der Waals surface area contributed by atoms with Crippen LogP contribution in [0.4, 0.5) is 0 Å². The van der Waals surface area contributed by atoms with Crippen molar-refractivity contribution in [3.8, 4) is 0 Å². The number of carbonyl (C=O) groups excluding carboxylic acids is 1. The van der Waals surface area contributed by atoms with Crippen LogP contribution in [0.1, 0.15) is 62.4 Å². The Bertz CT molecular complexity index is 557. The highest BCUT2D eigenvalue weighted by atomic mass is 35.5. The first-order chi connectivity index (χ1) is 10.5. The highest BCUT2D eigenvalue weighted by molar-refractivity contribution is 6.41. The summed E-state index contributed by atoms with van der Waals surface area (Å²) >= 11 is 12.2. The highest BCUT2D eigenvalue weighted by Gasteiger charge is 2.40. The van der Waals surface area contributed by atoms with Crippen molar-refractivity contribution < 1.29 is 4.79 Å². The molecule has 2 fully saturated rings. The van der Waals surface area contributed by atoms with E-state index in [9.17, 15) is 4.79 Å². The molecule has 0 unspecified atom stereocenters. The first kappa shape index (κ1) is 16.2. The molecule has 1 amide bonds. The highest BCUT2D eigenvalue weighted by Crippen LogP contribution is 2.38. The van der Waals surface area contributed by atoms with Crippen LogP contribution in [0.3, 0.4) is 0 Å². The fourth-order valence-electron chi connectivity index (χ4n) is 3.69. The van der Waals surface area contributed by atoms with Crippen molar-refractivity contribution in [3.05, 3.63) is 21.9 Å². The van der Waals surface area contributed by atoms with Gasteiger partial charge in [-0.3, -0.25) is 4.79 Å². The van der Waals surface area contributed by atoms with Gasteiger partial charge in [0.1, 0.15) is 10.8 Å². The van der Waals surface area contributed by atoms with Crippen LogP contribution >= 0.6 is 23.2 Å². The monoisotopic (exact) mass is 342 g/mol. The third kappa shape index (κ3) is 3.03. The van der Waals surface area contributed by atoms with E-state index in [2.05, 4.69) is 11.8 Å². The lowest BCUT2D eigenvalue weighted by Crippen LogP contribution is -2.44. The Morgan fingerprint density at radius 3 is 2.14 bits per heavy atom. The Kier molecular flexibility index (Phi) is 4.75. The number of rotatable bonds is 4. The molecule has 5 heteroatoms. The van der Waals surface area contributed by atoms with Crippen molar-refractivity contribution in [2.45, 2.75) is 64.0 Å². The number of aromatic nitrogens is 1. The Hall–Kier alpha value is -0.670. The number of nitrogens with zero attached hydrogens (tertiary/aromatic N) is 2. The van der Waals surface area contributed by atoms with Gasteiger partial charge in [0.2, 0.25) is 0 Å². The molecule has 0 aliphatic heterocycles. The number of hydrogen-bond acceptors (Lipinski definition) is 1. The van der Waals surface area contributed by atoms with Gasteiger partial charge >= 0.3 is 0 Å². The molecule has 2 aliphatic rings. The van der Waals surface area contributed by atoms with Crippen molar-refractivity contribution in [1.82, 2.24) is 9.47 Å². The predicted molar refractivity (Wildman–Crippen MR) is 90.7 cm³/mol. The molecule has 3 rings (SSSR count). The molecular formula is C17H24Cl2N2O. The summed E-state index contributed by atoms with van der Waals surface area (Å²) in [4.78, 5) is 15.2. The van der Waals surface area contributed by atoms with Gasteiger partial charge in [-0.1, -0.05) is 36.5 Å². The molecule has 1 aromatic rings. The number of halogens is 2. The molecule has 2 saturated carbocycles. The summed E-state index contributed by atoms with van der Waals surface area (Å²) in [5, 5.41) is 0.897. The number of amides is 1. The second-order valence-corrected chi connectivity index (χ2v) is 7.52. The molecule has 0 atom stereocenters. The average Bonchev–Trinajstić information content (AvgIpc) is 3.32. The molecule has 2 aliphatic carbocycles. The summed E-state index contributed by atoms with van der Waals surface area (Å²) in [6.07, 6.45) is 8.27. The van der Waals surface area contributed by atoms with Crippen LogP contribution in [-0.2, 0) is 7.05 Å². The van der Waals surface area contributed by atoms with E-state index in [-0.39, 0.29) is 5.91 Å². The molecule has 0 bridgehead atoms. The molecule has 122 valence electrons. The third-order valence-electron chi connectivity index (χ3n) is 5.30. The summed E-state index contributed by atoms with van der Waals surface area (Å²) in [6.45, 7) is 2.27. The third-order valence-corrected chi connectivity index (χ3v) is 6.14. The van der Waals surface area contributed by atoms with Crippen LogP contribution in [-0.4, -0.2) is 27.5 Å². The normalized spacial score (nSPS) is 25.3. The van der Waals surface area contributed by atoms with Gasteiger partial charge in [0.25, 0.3) is 5.91 Å². The minimum absolute atomic E-state index is 0.0961. The largest absolute Gasteiger partial charge is 0.331 e.